The number of anilines is 1. The van der Waals surface area contributed by atoms with Crippen molar-refractivity contribution in [3.05, 3.63) is 70.1 Å². The summed E-state index contributed by atoms with van der Waals surface area (Å²) in [6.45, 7) is 3.47. The van der Waals surface area contributed by atoms with E-state index in [1.54, 1.807) is 26.0 Å². The molecule has 0 spiro atoms. The van der Waals surface area contributed by atoms with Crippen LogP contribution in [-0.2, 0) is 16.6 Å². The summed E-state index contributed by atoms with van der Waals surface area (Å²) in [6, 6.07) is 11.3. The van der Waals surface area contributed by atoms with Gasteiger partial charge in [0, 0.05) is 24.4 Å². The maximum absolute atomic E-state index is 13.0. The van der Waals surface area contributed by atoms with Crippen LogP contribution in [0.25, 0.3) is 11.1 Å². The fraction of sp³-hybridized carbons (Fsp3) is 0.296. The van der Waals surface area contributed by atoms with Gasteiger partial charge in [-0.3, -0.25) is 9.59 Å². The Morgan fingerprint density at radius 2 is 1.81 bits per heavy atom. The van der Waals surface area contributed by atoms with Gasteiger partial charge in [-0.15, -0.1) is 0 Å². The summed E-state index contributed by atoms with van der Waals surface area (Å²) >= 11 is 0. The van der Waals surface area contributed by atoms with Crippen molar-refractivity contribution >= 4 is 17.7 Å². The number of aromatic hydroxyl groups is 1. The summed E-state index contributed by atoms with van der Waals surface area (Å²) in [5.41, 5.74) is 1.63. The molecular weight excluding hydrogens is 478 g/mol. The minimum Gasteiger partial charge on any atom is -0.505 e. The average Bonchev–Trinajstić information content (AvgIpc) is 2.89. The number of rotatable bonds is 9. The van der Waals surface area contributed by atoms with Crippen molar-refractivity contribution in [2.24, 2.45) is 7.05 Å². The lowest BCUT2D eigenvalue weighted by atomic mass is 9.96. The highest BCUT2D eigenvalue weighted by Gasteiger charge is 2.24. The Morgan fingerprint density at radius 3 is 2.43 bits per heavy atom. The average molecular weight is 510 g/mol. The smallest absolute Gasteiger partial charge is 0.319 e. The Labute approximate surface area is 214 Å². The fourth-order valence-corrected chi connectivity index (χ4v) is 3.96. The van der Waals surface area contributed by atoms with Crippen LogP contribution in [0.1, 0.15) is 30.5 Å². The summed E-state index contributed by atoms with van der Waals surface area (Å²) in [5.74, 6) is 0.0286. The maximum Gasteiger partial charge on any atom is 0.319 e. The van der Waals surface area contributed by atoms with E-state index in [2.05, 4.69) is 10.6 Å². The quantitative estimate of drug-likeness (QED) is 0.373. The molecule has 10 heteroatoms. The predicted octanol–water partition coefficient (Wildman–Crippen LogP) is 3.90. The lowest BCUT2D eigenvalue weighted by Gasteiger charge is -2.22. The van der Waals surface area contributed by atoms with Crippen LogP contribution in [0.15, 0.2) is 53.5 Å². The van der Waals surface area contributed by atoms with Crippen molar-refractivity contribution in [2.45, 2.75) is 26.3 Å². The first-order valence-corrected chi connectivity index (χ1v) is 11.6. The molecular formula is C27H31N3O7. The maximum atomic E-state index is 13.0. The van der Waals surface area contributed by atoms with E-state index >= 15 is 0 Å². The van der Waals surface area contributed by atoms with E-state index in [4.69, 9.17) is 14.2 Å². The Morgan fingerprint density at radius 1 is 1.11 bits per heavy atom. The number of hydrogen-bond acceptors (Lipinski definition) is 7. The number of urea groups is 1. The molecule has 0 unspecified atom stereocenters. The third kappa shape index (κ3) is 6.21. The lowest BCUT2D eigenvalue weighted by molar-refractivity contribution is -0.143. The molecule has 0 bridgehead atoms. The van der Waals surface area contributed by atoms with Crippen LogP contribution in [0.2, 0.25) is 0 Å². The molecule has 2 aromatic carbocycles. The van der Waals surface area contributed by atoms with Crippen molar-refractivity contribution < 1.29 is 28.9 Å². The first-order chi connectivity index (χ1) is 17.7. The van der Waals surface area contributed by atoms with Gasteiger partial charge >= 0.3 is 12.0 Å². The van der Waals surface area contributed by atoms with E-state index in [1.807, 2.05) is 30.3 Å². The van der Waals surface area contributed by atoms with Gasteiger partial charge in [0.15, 0.2) is 17.2 Å². The molecule has 0 aliphatic rings. The van der Waals surface area contributed by atoms with Gasteiger partial charge in [0.05, 0.1) is 33.3 Å². The zero-order valence-electron chi connectivity index (χ0n) is 21.5. The molecule has 0 fully saturated rings. The molecule has 0 aliphatic carbocycles. The molecule has 1 aromatic heterocycles. The van der Waals surface area contributed by atoms with Crippen LogP contribution >= 0.6 is 0 Å². The van der Waals surface area contributed by atoms with Crippen LogP contribution in [0.4, 0.5) is 10.5 Å². The second kappa shape index (κ2) is 12.0. The highest BCUT2D eigenvalue weighted by molar-refractivity contribution is 5.91. The van der Waals surface area contributed by atoms with Gasteiger partial charge in [-0.25, -0.2) is 4.79 Å². The number of aromatic nitrogens is 1. The Bertz CT molecular complexity index is 1340. The molecule has 1 atom stereocenters. The molecule has 0 saturated heterocycles. The third-order valence-electron chi connectivity index (χ3n) is 5.74. The number of aryl methyl sites for hydroxylation is 2. The number of methoxy groups -OCH3 is 2. The van der Waals surface area contributed by atoms with Crippen molar-refractivity contribution in [3.8, 4) is 28.4 Å². The van der Waals surface area contributed by atoms with Gasteiger partial charge in [-0.2, -0.15) is 0 Å². The summed E-state index contributed by atoms with van der Waals surface area (Å²) in [7, 11) is 4.53. The molecule has 0 saturated carbocycles. The Hall–Kier alpha value is -4.47. The lowest BCUT2D eigenvalue weighted by Crippen LogP contribution is -2.36. The van der Waals surface area contributed by atoms with Gasteiger partial charge in [0.1, 0.15) is 5.75 Å². The number of pyridine rings is 1. The largest absolute Gasteiger partial charge is 0.505 e. The highest BCUT2D eigenvalue weighted by atomic mass is 16.5. The zero-order chi connectivity index (χ0) is 27.1. The summed E-state index contributed by atoms with van der Waals surface area (Å²) in [4.78, 5) is 38.0. The topological polar surface area (TPSA) is 128 Å². The SMILES string of the molecule is CCOC(=O)C[C@H](NC(=O)Nc1c(O)c(C)cn(C)c1=O)c1cc(OC)c(OC)c(-c2ccccc2)c1. The fourth-order valence-electron chi connectivity index (χ4n) is 3.96. The summed E-state index contributed by atoms with van der Waals surface area (Å²) in [6.07, 6.45) is 1.27. The Balaban J connectivity index is 2.04. The molecule has 2 amide bonds. The number of amides is 2. The monoisotopic (exact) mass is 509 g/mol. The van der Waals surface area contributed by atoms with Crippen molar-refractivity contribution in [3.63, 3.8) is 0 Å². The van der Waals surface area contributed by atoms with Crippen molar-refractivity contribution in [1.82, 2.24) is 9.88 Å². The number of carbonyl (C=O) groups excluding carboxylic acids is 2. The second-order valence-corrected chi connectivity index (χ2v) is 8.28. The molecule has 0 radical (unpaired) electrons. The van der Waals surface area contributed by atoms with Crippen LogP contribution in [0, 0.1) is 6.92 Å². The number of carbonyl (C=O) groups is 2. The van der Waals surface area contributed by atoms with Crippen LogP contribution < -0.4 is 25.7 Å². The van der Waals surface area contributed by atoms with Crippen LogP contribution in [-0.4, -0.2) is 42.5 Å². The molecule has 1 heterocycles. The van der Waals surface area contributed by atoms with Gasteiger partial charge < -0.3 is 34.5 Å². The molecule has 37 heavy (non-hydrogen) atoms. The zero-order valence-corrected chi connectivity index (χ0v) is 21.5. The molecule has 0 aliphatic heterocycles. The third-order valence-corrected chi connectivity index (χ3v) is 5.74. The van der Waals surface area contributed by atoms with Gasteiger partial charge in [-0.1, -0.05) is 30.3 Å². The van der Waals surface area contributed by atoms with Crippen molar-refractivity contribution in [2.75, 3.05) is 26.1 Å². The number of hydrogen-bond donors (Lipinski definition) is 3. The van der Waals surface area contributed by atoms with E-state index in [0.29, 0.717) is 28.2 Å². The minimum atomic E-state index is -0.864. The Kier molecular flexibility index (Phi) is 8.78. The first-order valence-electron chi connectivity index (χ1n) is 11.6. The van der Waals surface area contributed by atoms with E-state index in [9.17, 15) is 19.5 Å². The van der Waals surface area contributed by atoms with E-state index in [-0.39, 0.29) is 24.5 Å². The molecule has 3 N–H and O–H groups in total. The molecule has 3 rings (SSSR count). The number of ether oxygens (including phenoxy) is 3. The first kappa shape index (κ1) is 27.1. The number of benzene rings is 2. The van der Waals surface area contributed by atoms with Crippen LogP contribution in [0.3, 0.4) is 0 Å². The van der Waals surface area contributed by atoms with Gasteiger partial charge in [-0.05, 0) is 37.1 Å². The van der Waals surface area contributed by atoms with E-state index in [1.165, 1.54) is 32.0 Å². The normalized spacial score (nSPS) is 11.4. The van der Waals surface area contributed by atoms with E-state index < -0.39 is 23.6 Å². The molecule has 3 aromatic rings. The highest BCUT2D eigenvalue weighted by Crippen LogP contribution is 2.41. The van der Waals surface area contributed by atoms with Crippen molar-refractivity contribution in [1.29, 1.82) is 0 Å². The summed E-state index contributed by atoms with van der Waals surface area (Å²) in [5, 5.41) is 15.5. The van der Waals surface area contributed by atoms with Crippen LogP contribution in [0.5, 0.6) is 17.2 Å². The minimum absolute atomic E-state index is 0.173. The van der Waals surface area contributed by atoms with Gasteiger partial charge in [0.2, 0.25) is 0 Å². The second-order valence-electron chi connectivity index (χ2n) is 8.28. The number of nitrogens with zero attached hydrogens (tertiary/aromatic N) is 1. The predicted molar refractivity (Wildman–Crippen MR) is 139 cm³/mol. The summed E-state index contributed by atoms with van der Waals surface area (Å²) < 4.78 is 17.5. The molecule has 10 nitrogen and oxygen atoms in total. The van der Waals surface area contributed by atoms with E-state index in [0.717, 1.165) is 5.56 Å². The standard InChI is InChI=1S/C27H31N3O7/c1-6-37-22(31)14-20(28-27(34)29-23-24(32)16(2)15-30(3)26(23)33)18-12-19(17-10-8-7-9-11-17)25(36-5)21(13-18)35-4/h7-13,15,20,32H,6,14H2,1-5H3,(H2,28,29,34)/t20-/m0/s1. The number of nitrogens with one attached hydrogen (secondary N) is 2. The number of esters is 1. The van der Waals surface area contributed by atoms with Gasteiger partial charge in [0.25, 0.3) is 5.56 Å². The molecule has 196 valence electrons.